The van der Waals surface area contributed by atoms with Gasteiger partial charge in [-0.15, -0.1) is 0 Å². The van der Waals surface area contributed by atoms with E-state index in [-0.39, 0.29) is 13.4 Å². The van der Waals surface area contributed by atoms with Gasteiger partial charge in [0.15, 0.2) is 0 Å². The van der Waals surface area contributed by atoms with E-state index in [1.165, 1.54) is 108 Å². The predicted octanol–water partition coefficient (Wildman–Crippen LogP) is 17.2. The molecule has 0 heterocycles. The molecule has 0 radical (unpaired) electrons. The smallest absolute Gasteiger partial charge is 0.242 e. The van der Waals surface area contributed by atoms with Gasteiger partial charge in [0.2, 0.25) is 13.4 Å². The zero-order chi connectivity index (χ0) is 55.5. The van der Waals surface area contributed by atoms with Gasteiger partial charge >= 0.3 is 0 Å². The highest BCUT2D eigenvalue weighted by molar-refractivity contribution is 6.98. The second-order valence-electron chi connectivity index (χ2n) is 22.3. The number of fused-ring (bicyclic) bond motifs is 4. The van der Waals surface area contributed by atoms with Gasteiger partial charge in [-0.25, -0.2) is 0 Å². The summed E-state index contributed by atoms with van der Waals surface area (Å²) >= 11 is 0. The molecule has 0 aliphatic heterocycles. The summed E-state index contributed by atoms with van der Waals surface area (Å²) in [6, 6.07) is 122. The molecule has 0 saturated carbocycles. The van der Waals surface area contributed by atoms with Crippen LogP contribution in [0.15, 0.2) is 328 Å². The van der Waals surface area contributed by atoms with Gasteiger partial charge in [-0.3, -0.25) is 0 Å². The second-order valence-corrected chi connectivity index (χ2v) is 22.3. The van der Waals surface area contributed by atoms with Crippen LogP contribution in [0.1, 0.15) is 0 Å². The summed E-state index contributed by atoms with van der Waals surface area (Å²) in [5, 5.41) is 17.1. The molecule has 0 saturated heterocycles. The summed E-state index contributed by atoms with van der Waals surface area (Å²) in [5.41, 5.74) is 14.0. The normalized spacial score (nSPS) is 11.6. The number of nitrogens with zero attached hydrogens (tertiary/aromatic N) is 2. The van der Waals surface area contributed by atoms with Crippen molar-refractivity contribution in [1.29, 1.82) is 0 Å². The molecular formula is C80H54B2N2. The number of anilines is 6. The molecule has 390 valence electrons. The molecule has 0 aromatic heterocycles. The monoisotopic (exact) mass is 1060 g/mol. The Balaban J connectivity index is 1.09. The summed E-state index contributed by atoms with van der Waals surface area (Å²) in [5.74, 6) is 0. The topological polar surface area (TPSA) is 6.48 Å². The van der Waals surface area contributed by atoms with Gasteiger partial charge in [0.25, 0.3) is 0 Å². The Morgan fingerprint density at radius 3 is 0.702 bits per heavy atom. The van der Waals surface area contributed by atoms with Gasteiger partial charge in [0.05, 0.1) is 11.4 Å². The first-order valence-electron chi connectivity index (χ1n) is 29.2. The third kappa shape index (κ3) is 8.53. The van der Waals surface area contributed by atoms with Crippen molar-refractivity contribution in [2.24, 2.45) is 0 Å². The van der Waals surface area contributed by atoms with Gasteiger partial charge in [-0.05, 0) is 125 Å². The quantitative estimate of drug-likeness (QED) is 0.0889. The molecule has 16 rings (SSSR count). The summed E-state index contributed by atoms with van der Waals surface area (Å²) in [7, 11) is 0. The van der Waals surface area contributed by atoms with E-state index in [0.29, 0.717) is 0 Å². The first-order valence-corrected chi connectivity index (χ1v) is 29.2. The molecule has 0 amide bonds. The number of hydrogen-bond acceptors (Lipinski definition) is 2. The zero-order valence-corrected chi connectivity index (χ0v) is 46.2. The largest absolute Gasteiger partial charge is 0.310 e. The Morgan fingerprint density at radius 2 is 0.429 bits per heavy atom. The lowest BCUT2D eigenvalue weighted by Gasteiger charge is -2.32. The highest BCUT2D eigenvalue weighted by atomic mass is 15.1. The molecule has 4 heteroatoms. The van der Waals surface area contributed by atoms with Crippen molar-refractivity contribution in [3.8, 4) is 0 Å². The number of para-hydroxylation sites is 4. The van der Waals surface area contributed by atoms with Crippen molar-refractivity contribution >= 4 is 156 Å². The van der Waals surface area contributed by atoms with E-state index in [4.69, 9.17) is 0 Å². The summed E-state index contributed by atoms with van der Waals surface area (Å²) in [6.07, 6.45) is 0. The average molecular weight is 1060 g/mol. The van der Waals surface area contributed by atoms with Gasteiger partial charge in [0, 0.05) is 33.5 Å². The van der Waals surface area contributed by atoms with Crippen LogP contribution in [0.2, 0.25) is 0 Å². The lowest BCUT2D eigenvalue weighted by Crippen LogP contribution is -2.53. The molecule has 0 atom stereocenters. The fourth-order valence-corrected chi connectivity index (χ4v) is 13.7. The van der Waals surface area contributed by atoms with Gasteiger partial charge in [0.1, 0.15) is 0 Å². The number of hydrogen-bond donors (Lipinski definition) is 0. The van der Waals surface area contributed by atoms with Crippen LogP contribution in [-0.2, 0) is 0 Å². The highest BCUT2D eigenvalue weighted by Gasteiger charge is 2.33. The van der Waals surface area contributed by atoms with Crippen molar-refractivity contribution in [1.82, 2.24) is 0 Å². The van der Waals surface area contributed by atoms with Crippen molar-refractivity contribution in [2.75, 3.05) is 9.80 Å². The SMILES string of the molecule is c1ccc(N(c2ccccc2)c2cc(B(c3ccc4ccccc4c3)c3ccc4ccccc4c3)c3ccc4c(B(c5ccc6ccccc6c5)c5ccc6ccccc6c5)cc(N(c5ccccc5)c5ccccc5)c5ccc2c3c45)cc1. The van der Waals surface area contributed by atoms with E-state index >= 15 is 0 Å². The average Bonchev–Trinajstić information content (AvgIpc) is 0.832. The molecule has 84 heavy (non-hydrogen) atoms. The molecule has 0 unspecified atom stereocenters. The molecule has 16 aromatic carbocycles. The van der Waals surface area contributed by atoms with Crippen LogP contribution in [0, 0.1) is 0 Å². The van der Waals surface area contributed by atoms with E-state index in [9.17, 15) is 0 Å². The van der Waals surface area contributed by atoms with Crippen molar-refractivity contribution in [3.05, 3.63) is 328 Å². The van der Waals surface area contributed by atoms with Crippen LogP contribution < -0.4 is 42.6 Å². The lowest BCUT2D eigenvalue weighted by atomic mass is 9.35. The Labute approximate surface area is 490 Å². The maximum absolute atomic E-state index is 2.53. The maximum atomic E-state index is 2.53. The van der Waals surface area contributed by atoms with E-state index in [1.54, 1.807) is 0 Å². The first-order chi connectivity index (χ1) is 41.7. The lowest BCUT2D eigenvalue weighted by molar-refractivity contribution is 1.30. The third-order valence-corrected chi connectivity index (χ3v) is 17.5. The Morgan fingerprint density at radius 1 is 0.190 bits per heavy atom. The van der Waals surface area contributed by atoms with E-state index in [1.807, 2.05) is 0 Å². The molecule has 0 aliphatic rings. The Kier molecular flexibility index (Phi) is 12.1. The maximum Gasteiger partial charge on any atom is 0.242 e. The molecular weight excluding hydrogens is 1010 g/mol. The molecule has 0 spiro atoms. The Bertz CT molecular complexity index is 4550. The van der Waals surface area contributed by atoms with E-state index in [0.717, 1.165) is 34.1 Å². The van der Waals surface area contributed by atoms with Crippen LogP contribution in [0.3, 0.4) is 0 Å². The van der Waals surface area contributed by atoms with Crippen molar-refractivity contribution in [2.45, 2.75) is 0 Å². The fourth-order valence-electron chi connectivity index (χ4n) is 13.7. The first kappa shape index (κ1) is 49.2. The summed E-state index contributed by atoms with van der Waals surface area (Å²) in [6.45, 7) is -0.328. The second kappa shape index (κ2) is 20.7. The van der Waals surface area contributed by atoms with Crippen LogP contribution in [0.25, 0.3) is 75.4 Å². The van der Waals surface area contributed by atoms with Crippen LogP contribution in [0.4, 0.5) is 34.1 Å². The molecule has 0 aliphatic carbocycles. The predicted molar refractivity (Wildman–Crippen MR) is 365 cm³/mol. The molecule has 2 nitrogen and oxygen atoms in total. The molecule has 0 N–H and O–H groups in total. The van der Waals surface area contributed by atoms with Crippen molar-refractivity contribution < 1.29 is 0 Å². The van der Waals surface area contributed by atoms with Gasteiger partial charge in [-0.2, -0.15) is 0 Å². The van der Waals surface area contributed by atoms with Gasteiger partial charge < -0.3 is 9.80 Å². The van der Waals surface area contributed by atoms with Crippen LogP contribution >= 0.6 is 0 Å². The molecule has 0 bridgehead atoms. The third-order valence-electron chi connectivity index (χ3n) is 17.5. The highest BCUT2D eigenvalue weighted by Crippen LogP contribution is 2.47. The van der Waals surface area contributed by atoms with Crippen LogP contribution in [-0.4, -0.2) is 13.4 Å². The Hall–Kier alpha value is -10.7. The minimum Gasteiger partial charge on any atom is -0.310 e. The summed E-state index contributed by atoms with van der Waals surface area (Å²) in [4.78, 5) is 4.98. The fraction of sp³-hybridized carbons (Fsp3) is 0. The standard InChI is InChI=1S/C80H54B2N2/c1-5-29-67(30-6-1)83(68-31-7-2-8-32-68)77-53-75(81(63-41-37-55-21-13-17-25-59(55)49-63)64-42-38-56-22-14-18-26-60(56)50-64)71-45-46-72-76(82(65-43-39-57-23-15-19-27-61(57)51-65)66-44-40-58-24-16-20-28-62(58)52-66)54-78(74-48-47-73(77)79(71)80(72)74)84(69-33-9-3-10-34-69)70-35-11-4-12-36-70/h1-54H. The minimum atomic E-state index is -0.164. The summed E-state index contributed by atoms with van der Waals surface area (Å²) < 4.78 is 0. The van der Waals surface area contributed by atoms with E-state index < -0.39 is 0 Å². The van der Waals surface area contributed by atoms with Crippen LogP contribution in [0.5, 0.6) is 0 Å². The van der Waals surface area contributed by atoms with Gasteiger partial charge in [-0.1, -0.05) is 300 Å². The number of rotatable bonds is 12. The zero-order valence-electron chi connectivity index (χ0n) is 46.2. The van der Waals surface area contributed by atoms with E-state index in [2.05, 4.69) is 337 Å². The van der Waals surface area contributed by atoms with Crippen molar-refractivity contribution in [3.63, 3.8) is 0 Å². The number of benzene rings is 16. The molecule has 16 aromatic rings. The molecule has 0 fully saturated rings. The minimum absolute atomic E-state index is 0.164.